The minimum atomic E-state index is -0.0165. The molecule has 2 aliphatic carbocycles. The van der Waals surface area contributed by atoms with Crippen LogP contribution in [0.5, 0.6) is 0 Å². The third-order valence-electron chi connectivity index (χ3n) is 3.30. The van der Waals surface area contributed by atoms with Gasteiger partial charge in [0.15, 0.2) is 0 Å². The van der Waals surface area contributed by atoms with E-state index in [2.05, 4.69) is 12.6 Å². The Bertz CT molecular complexity index is 219. The second-order valence-corrected chi connectivity index (χ2v) is 5.10. The lowest BCUT2D eigenvalue weighted by Crippen LogP contribution is -2.14. The maximum atomic E-state index is 11.4. The van der Waals surface area contributed by atoms with Crippen molar-refractivity contribution in [3.05, 3.63) is 0 Å². The van der Waals surface area contributed by atoms with E-state index in [0.717, 1.165) is 30.9 Å². The molecule has 0 aromatic rings. The lowest BCUT2D eigenvalue weighted by Gasteiger charge is -2.10. The van der Waals surface area contributed by atoms with Crippen molar-refractivity contribution in [2.24, 2.45) is 11.3 Å². The molecule has 0 radical (unpaired) electrons. The molecule has 0 saturated heterocycles. The quantitative estimate of drug-likeness (QED) is 0.543. The van der Waals surface area contributed by atoms with Crippen molar-refractivity contribution in [3.63, 3.8) is 0 Å². The first-order valence-corrected chi connectivity index (χ1v) is 6.14. The fourth-order valence-electron chi connectivity index (χ4n) is 1.67. The Morgan fingerprint density at radius 1 is 1.43 bits per heavy atom. The molecule has 0 aromatic carbocycles. The van der Waals surface area contributed by atoms with E-state index in [9.17, 15) is 4.79 Å². The van der Waals surface area contributed by atoms with Crippen LogP contribution in [0.3, 0.4) is 0 Å². The van der Waals surface area contributed by atoms with Crippen LogP contribution in [0, 0.1) is 11.3 Å². The van der Waals surface area contributed by atoms with Gasteiger partial charge in [0.25, 0.3) is 0 Å². The molecule has 2 fully saturated rings. The van der Waals surface area contributed by atoms with Gasteiger partial charge in [-0.3, -0.25) is 4.79 Å². The van der Waals surface area contributed by atoms with Crippen LogP contribution in [0.1, 0.15) is 38.5 Å². The Balaban J connectivity index is 1.58. The van der Waals surface area contributed by atoms with Crippen LogP contribution in [0.2, 0.25) is 0 Å². The van der Waals surface area contributed by atoms with E-state index in [-0.39, 0.29) is 11.4 Å². The number of hydrogen-bond acceptors (Lipinski definition) is 3. The summed E-state index contributed by atoms with van der Waals surface area (Å²) < 4.78 is 5.20. The van der Waals surface area contributed by atoms with E-state index < -0.39 is 0 Å². The third kappa shape index (κ3) is 2.91. The summed E-state index contributed by atoms with van der Waals surface area (Å²) in [5.41, 5.74) is 0.208. The Morgan fingerprint density at radius 2 is 2.14 bits per heavy atom. The van der Waals surface area contributed by atoms with Gasteiger partial charge in [0.2, 0.25) is 0 Å². The summed E-state index contributed by atoms with van der Waals surface area (Å²) in [5, 5.41) is 0. The fraction of sp³-hybridized carbons (Fsp3) is 0.909. The highest BCUT2D eigenvalue weighted by Crippen LogP contribution is 2.49. The zero-order valence-electron chi connectivity index (χ0n) is 8.50. The summed E-state index contributed by atoms with van der Waals surface area (Å²) in [5.74, 6) is 1.66. The van der Waals surface area contributed by atoms with Crippen molar-refractivity contribution in [3.8, 4) is 0 Å². The average molecular weight is 214 g/mol. The second kappa shape index (κ2) is 4.13. The Hall–Kier alpha value is -0.180. The van der Waals surface area contributed by atoms with E-state index in [4.69, 9.17) is 4.74 Å². The zero-order chi connectivity index (χ0) is 10.0. The summed E-state index contributed by atoms with van der Waals surface area (Å²) in [6, 6.07) is 0. The first-order valence-electron chi connectivity index (χ1n) is 5.51. The predicted octanol–water partition coefficient (Wildman–Crippen LogP) is 2.43. The van der Waals surface area contributed by atoms with Crippen LogP contribution in [-0.2, 0) is 9.53 Å². The second-order valence-electron chi connectivity index (χ2n) is 4.79. The molecule has 3 heteroatoms. The molecule has 2 rings (SSSR count). The summed E-state index contributed by atoms with van der Waals surface area (Å²) in [6.45, 7) is 0.631. The maximum absolute atomic E-state index is 11.4. The molecule has 2 nitrogen and oxygen atoms in total. The van der Waals surface area contributed by atoms with Crippen molar-refractivity contribution in [2.75, 3.05) is 12.4 Å². The first-order chi connectivity index (χ1) is 6.74. The number of thiol groups is 1. The number of rotatable bonds is 6. The van der Waals surface area contributed by atoms with Crippen LogP contribution in [0.4, 0.5) is 0 Å². The van der Waals surface area contributed by atoms with Crippen LogP contribution in [-0.4, -0.2) is 18.3 Å². The Labute approximate surface area is 90.8 Å². The maximum Gasteiger partial charge on any atom is 0.306 e. The zero-order valence-corrected chi connectivity index (χ0v) is 9.39. The molecule has 0 heterocycles. The van der Waals surface area contributed by atoms with Gasteiger partial charge in [-0.2, -0.15) is 12.6 Å². The smallest absolute Gasteiger partial charge is 0.306 e. The van der Waals surface area contributed by atoms with Gasteiger partial charge in [0.05, 0.1) is 13.0 Å². The lowest BCUT2D eigenvalue weighted by molar-refractivity contribution is -0.145. The molecule has 0 bridgehead atoms. The number of esters is 1. The molecule has 0 aromatic heterocycles. The summed E-state index contributed by atoms with van der Waals surface area (Å²) >= 11 is 4.26. The minimum Gasteiger partial charge on any atom is -0.466 e. The fourth-order valence-corrected chi connectivity index (χ4v) is 2.10. The SMILES string of the molecule is O=C(CC1(CS)CC1)OCCC1CC1. The van der Waals surface area contributed by atoms with Crippen LogP contribution >= 0.6 is 12.6 Å². The third-order valence-corrected chi connectivity index (χ3v) is 3.97. The molecule has 0 N–H and O–H groups in total. The van der Waals surface area contributed by atoms with Gasteiger partial charge in [0.1, 0.15) is 0 Å². The molecule has 0 spiro atoms. The van der Waals surface area contributed by atoms with Gasteiger partial charge < -0.3 is 4.74 Å². The summed E-state index contributed by atoms with van der Waals surface area (Å²) in [7, 11) is 0. The van der Waals surface area contributed by atoms with Crippen molar-refractivity contribution in [2.45, 2.75) is 38.5 Å². The predicted molar refractivity (Wildman–Crippen MR) is 58.4 cm³/mol. The first kappa shape index (κ1) is 10.3. The molecule has 0 amide bonds. The van der Waals surface area contributed by atoms with Crippen molar-refractivity contribution < 1.29 is 9.53 Å². The number of hydrogen-bond donors (Lipinski definition) is 1. The van der Waals surface area contributed by atoms with Gasteiger partial charge in [-0.25, -0.2) is 0 Å². The van der Waals surface area contributed by atoms with Gasteiger partial charge in [-0.05, 0) is 36.3 Å². The van der Waals surface area contributed by atoms with Gasteiger partial charge >= 0.3 is 5.97 Å². The molecular weight excluding hydrogens is 196 g/mol. The number of carbonyl (C=O) groups is 1. The van der Waals surface area contributed by atoms with Gasteiger partial charge in [-0.1, -0.05) is 12.8 Å². The average Bonchev–Trinajstić information content (AvgIpc) is 3.00. The van der Waals surface area contributed by atoms with E-state index in [1.54, 1.807) is 0 Å². The van der Waals surface area contributed by atoms with Crippen LogP contribution < -0.4 is 0 Å². The van der Waals surface area contributed by atoms with Gasteiger partial charge in [-0.15, -0.1) is 0 Å². The van der Waals surface area contributed by atoms with E-state index in [0.29, 0.717) is 13.0 Å². The van der Waals surface area contributed by atoms with Crippen LogP contribution in [0.15, 0.2) is 0 Å². The molecule has 2 saturated carbocycles. The Morgan fingerprint density at radius 3 is 2.64 bits per heavy atom. The van der Waals surface area contributed by atoms with Gasteiger partial charge in [0, 0.05) is 0 Å². The molecule has 2 aliphatic rings. The van der Waals surface area contributed by atoms with Crippen molar-refractivity contribution in [1.82, 2.24) is 0 Å². The minimum absolute atomic E-state index is 0.0165. The molecule has 0 aliphatic heterocycles. The summed E-state index contributed by atoms with van der Waals surface area (Å²) in [6.07, 6.45) is 6.61. The molecule has 0 unspecified atom stereocenters. The standard InChI is InChI=1S/C11H18O2S/c12-10(7-11(8-14)4-5-11)13-6-3-9-1-2-9/h9,14H,1-8H2. The highest BCUT2D eigenvalue weighted by Gasteiger charge is 2.43. The molecule has 0 atom stereocenters. The van der Waals surface area contributed by atoms with E-state index >= 15 is 0 Å². The van der Waals surface area contributed by atoms with E-state index in [1.807, 2.05) is 0 Å². The molecule has 14 heavy (non-hydrogen) atoms. The Kier molecular flexibility index (Phi) is 3.05. The normalized spacial score (nSPS) is 23.2. The topological polar surface area (TPSA) is 26.3 Å². The van der Waals surface area contributed by atoms with Crippen molar-refractivity contribution in [1.29, 1.82) is 0 Å². The largest absolute Gasteiger partial charge is 0.466 e. The number of carbonyl (C=O) groups excluding carboxylic acids is 1. The summed E-state index contributed by atoms with van der Waals surface area (Å²) in [4.78, 5) is 11.4. The monoisotopic (exact) mass is 214 g/mol. The molecular formula is C11H18O2S. The van der Waals surface area contributed by atoms with E-state index in [1.165, 1.54) is 12.8 Å². The van der Waals surface area contributed by atoms with Crippen LogP contribution in [0.25, 0.3) is 0 Å². The lowest BCUT2D eigenvalue weighted by atomic mass is 10.1. The molecule has 80 valence electrons. The highest BCUT2D eigenvalue weighted by molar-refractivity contribution is 7.80. The highest BCUT2D eigenvalue weighted by atomic mass is 32.1. The van der Waals surface area contributed by atoms with Crippen molar-refractivity contribution >= 4 is 18.6 Å². The number of ether oxygens (including phenoxy) is 1.